The third-order valence-electron chi connectivity index (χ3n) is 2.11. The van der Waals surface area contributed by atoms with Crippen LogP contribution >= 0.6 is 0 Å². The normalized spacial score (nSPS) is 12.6. The molecule has 0 aliphatic rings. The molecule has 1 N–H and O–H groups in total. The highest BCUT2D eigenvalue weighted by molar-refractivity contribution is 5.43. The Bertz CT molecular complexity index is 256. The Morgan fingerprint density at radius 1 is 1.54 bits per heavy atom. The van der Waals surface area contributed by atoms with Gasteiger partial charge in [0.2, 0.25) is 0 Å². The maximum absolute atomic E-state index is 9.23. The van der Waals surface area contributed by atoms with Gasteiger partial charge in [0, 0.05) is 13.6 Å². The highest BCUT2D eigenvalue weighted by Gasteiger charge is 2.03. The summed E-state index contributed by atoms with van der Waals surface area (Å²) < 4.78 is 0. The average Bonchev–Trinajstić information content (AvgIpc) is 2.17. The minimum absolute atomic E-state index is 0.485. The van der Waals surface area contributed by atoms with E-state index in [1.807, 2.05) is 19.2 Å². The van der Waals surface area contributed by atoms with Crippen LogP contribution in [0.3, 0.4) is 0 Å². The second kappa shape index (κ2) is 4.23. The Labute approximate surface area is 79.0 Å². The van der Waals surface area contributed by atoms with Gasteiger partial charge < -0.3 is 10.0 Å². The predicted octanol–water partition coefficient (Wildman–Crippen LogP) is 1.59. The molecule has 0 saturated heterocycles. The Morgan fingerprint density at radius 2 is 2.23 bits per heavy atom. The van der Waals surface area contributed by atoms with Gasteiger partial charge in [-0.05, 0) is 26.0 Å². The van der Waals surface area contributed by atoms with Crippen LogP contribution in [0.5, 0.6) is 0 Å². The fraction of sp³-hybridized carbons (Fsp3) is 0.500. The summed E-state index contributed by atoms with van der Waals surface area (Å²) in [4.78, 5) is 6.25. The number of rotatable bonds is 3. The van der Waals surface area contributed by atoms with Crippen LogP contribution in [0.25, 0.3) is 0 Å². The van der Waals surface area contributed by atoms with Crippen LogP contribution < -0.4 is 4.90 Å². The van der Waals surface area contributed by atoms with E-state index in [2.05, 4.69) is 16.8 Å². The number of hydrogen-bond acceptors (Lipinski definition) is 3. The number of aromatic nitrogens is 1. The van der Waals surface area contributed by atoms with E-state index in [1.54, 1.807) is 13.1 Å². The van der Waals surface area contributed by atoms with E-state index in [1.165, 1.54) is 0 Å². The summed E-state index contributed by atoms with van der Waals surface area (Å²) in [7, 11) is 2.01. The molecule has 1 atom stereocenters. The second-order valence-electron chi connectivity index (χ2n) is 3.13. The molecule has 0 aromatic carbocycles. The minimum atomic E-state index is -0.485. The third kappa shape index (κ3) is 2.42. The Hall–Kier alpha value is -1.09. The van der Waals surface area contributed by atoms with Crippen LogP contribution in [-0.2, 0) is 0 Å². The van der Waals surface area contributed by atoms with Gasteiger partial charge in [-0.25, -0.2) is 0 Å². The first-order chi connectivity index (χ1) is 6.15. The molecule has 0 fully saturated rings. The molecule has 0 amide bonds. The Kier molecular flexibility index (Phi) is 3.25. The van der Waals surface area contributed by atoms with Gasteiger partial charge in [-0.2, -0.15) is 0 Å². The van der Waals surface area contributed by atoms with Crippen molar-refractivity contribution in [3.05, 3.63) is 24.0 Å². The van der Waals surface area contributed by atoms with Crippen LogP contribution in [0.2, 0.25) is 0 Å². The van der Waals surface area contributed by atoms with E-state index in [-0.39, 0.29) is 0 Å². The lowest BCUT2D eigenvalue weighted by Crippen LogP contribution is -2.16. The maximum Gasteiger partial charge on any atom is 0.0931 e. The Balaban J connectivity index is 2.81. The molecule has 72 valence electrons. The molecule has 0 saturated carbocycles. The van der Waals surface area contributed by atoms with Crippen LogP contribution in [0.15, 0.2) is 18.3 Å². The van der Waals surface area contributed by atoms with Crippen molar-refractivity contribution < 1.29 is 5.11 Å². The van der Waals surface area contributed by atoms with Crippen molar-refractivity contribution >= 4 is 5.69 Å². The van der Waals surface area contributed by atoms with Gasteiger partial charge in [-0.1, -0.05) is 0 Å². The first kappa shape index (κ1) is 9.99. The summed E-state index contributed by atoms with van der Waals surface area (Å²) in [6.07, 6.45) is 1.30. The van der Waals surface area contributed by atoms with Gasteiger partial charge in [0.15, 0.2) is 0 Å². The minimum Gasteiger partial charge on any atom is -0.387 e. The van der Waals surface area contributed by atoms with Crippen LogP contribution in [-0.4, -0.2) is 23.7 Å². The van der Waals surface area contributed by atoms with E-state index < -0.39 is 6.10 Å². The summed E-state index contributed by atoms with van der Waals surface area (Å²) in [6, 6.07) is 3.82. The summed E-state index contributed by atoms with van der Waals surface area (Å²) in [6.45, 7) is 4.75. The topological polar surface area (TPSA) is 36.4 Å². The number of anilines is 1. The lowest BCUT2D eigenvalue weighted by Gasteiger charge is -2.16. The first-order valence-corrected chi connectivity index (χ1v) is 4.50. The third-order valence-corrected chi connectivity index (χ3v) is 2.11. The molecular formula is C10H16N2O. The molecule has 1 aromatic heterocycles. The van der Waals surface area contributed by atoms with Crippen molar-refractivity contribution in [1.29, 1.82) is 0 Å². The fourth-order valence-corrected chi connectivity index (χ4v) is 1.05. The molecule has 3 heteroatoms. The van der Waals surface area contributed by atoms with Gasteiger partial charge in [-0.3, -0.25) is 4.98 Å². The smallest absolute Gasteiger partial charge is 0.0931 e. The lowest BCUT2D eigenvalue weighted by molar-refractivity contribution is 0.194. The second-order valence-corrected chi connectivity index (χ2v) is 3.13. The van der Waals surface area contributed by atoms with Crippen molar-refractivity contribution in [3.8, 4) is 0 Å². The van der Waals surface area contributed by atoms with E-state index >= 15 is 0 Å². The van der Waals surface area contributed by atoms with E-state index in [4.69, 9.17) is 0 Å². The molecule has 1 rings (SSSR count). The fourth-order valence-electron chi connectivity index (χ4n) is 1.05. The number of pyridine rings is 1. The number of hydrogen-bond donors (Lipinski definition) is 1. The summed E-state index contributed by atoms with van der Waals surface area (Å²) >= 11 is 0. The molecule has 0 bridgehead atoms. The van der Waals surface area contributed by atoms with Crippen molar-refractivity contribution in [2.75, 3.05) is 18.5 Å². The molecule has 0 radical (unpaired) electrons. The number of nitrogens with zero attached hydrogens (tertiary/aromatic N) is 2. The molecule has 1 heterocycles. The molecule has 0 unspecified atom stereocenters. The summed E-state index contributed by atoms with van der Waals surface area (Å²) in [5, 5.41) is 9.23. The van der Waals surface area contributed by atoms with E-state index in [9.17, 15) is 5.11 Å². The molecule has 13 heavy (non-hydrogen) atoms. The van der Waals surface area contributed by atoms with Crippen LogP contribution in [0.1, 0.15) is 25.6 Å². The maximum atomic E-state index is 9.23. The van der Waals surface area contributed by atoms with Gasteiger partial charge in [0.25, 0.3) is 0 Å². The average molecular weight is 180 g/mol. The predicted molar refractivity (Wildman–Crippen MR) is 53.8 cm³/mol. The van der Waals surface area contributed by atoms with Gasteiger partial charge in [0.1, 0.15) is 0 Å². The molecule has 3 nitrogen and oxygen atoms in total. The van der Waals surface area contributed by atoms with Crippen LogP contribution in [0.4, 0.5) is 5.69 Å². The van der Waals surface area contributed by atoms with E-state index in [0.29, 0.717) is 5.69 Å². The number of aliphatic hydroxyl groups excluding tert-OH is 1. The van der Waals surface area contributed by atoms with Gasteiger partial charge in [-0.15, -0.1) is 0 Å². The summed E-state index contributed by atoms with van der Waals surface area (Å²) in [5.74, 6) is 0. The zero-order valence-corrected chi connectivity index (χ0v) is 8.36. The first-order valence-electron chi connectivity index (χ1n) is 4.50. The van der Waals surface area contributed by atoms with Crippen LogP contribution in [0, 0.1) is 0 Å². The standard InChI is InChI=1S/C10H16N2O/c1-4-12(3)9-5-6-10(8(2)13)11-7-9/h5-8,13H,4H2,1-3H3/t8-/m0/s1. The quantitative estimate of drug-likeness (QED) is 0.767. The zero-order chi connectivity index (χ0) is 9.84. The van der Waals surface area contributed by atoms with Crippen molar-refractivity contribution in [2.24, 2.45) is 0 Å². The zero-order valence-electron chi connectivity index (χ0n) is 8.36. The van der Waals surface area contributed by atoms with Crippen molar-refractivity contribution in [2.45, 2.75) is 20.0 Å². The lowest BCUT2D eigenvalue weighted by atomic mass is 10.2. The molecule has 0 spiro atoms. The van der Waals surface area contributed by atoms with E-state index in [0.717, 1.165) is 12.2 Å². The molecule has 0 aliphatic heterocycles. The molecule has 0 aliphatic carbocycles. The number of aliphatic hydroxyl groups is 1. The highest BCUT2D eigenvalue weighted by atomic mass is 16.3. The van der Waals surface area contributed by atoms with Gasteiger partial charge >= 0.3 is 0 Å². The van der Waals surface area contributed by atoms with Crippen molar-refractivity contribution in [1.82, 2.24) is 4.98 Å². The molecule has 1 aromatic rings. The molecular weight excluding hydrogens is 164 g/mol. The highest BCUT2D eigenvalue weighted by Crippen LogP contribution is 2.14. The Morgan fingerprint density at radius 3 is 2.62 bits per heavy atom. The SMILES string of the molecule is CCN(C)c1ccc([C@H](C)O)nc1. The largest absolute Gasteiger partial charge is 0.387 e. The van der Waals surface area contributed by atoms with Crippen molar-refractivity contribution in [3.63, 3.8) is 0 Å². The monoisotopic (exact) mass is 180 g/mol. The summed E-state index contributed by atoms with van der Waals surface area (Å²) in [5.41, 5.74) is 1.79. The van der Waals surface area contributed by atoms with Gasteiger partial charge in [0.05, 0.1) is 23.7 Å².